The largest absolute Gasteiger partial charge is 0.485 e. The van der Waals surface area contributed by atoms with Crippen LogP contribution in [0.2, 0.25) is 0 Å². The van der Waals surface area contributed by atoms with Crippen molar-refractivity contribution in [3.63, 3.8) is 0 Å². The number of rotatable bonds is 5. The van der Waals surface area contributed by atoms with Gasteiger partial charge in [-0.05, 0) is 31.9 Å². The summed E-state index contributed by atoms with van der Waals surface area (Å²) >= 11 is 0. The lowest BCUT2D eigenvalue weighted by Gasteiger charge is -2.33. The zero-order valence-electron chi connectivity index (χ0n) is 18.0. The van der Waals surface area contributed by atoms with Crippen LogP contribution >= 0.6 is 0 Å². The molecule has 1 atom stereocenters. The summed E-state index contributed by atoms with van der Waals surface area (Å²) in [5.41, 5.74) is 0. The number of esters is 1. The van der Waals surface area contributed by atoms with E-state index in [2.05, 4.69) is 0 Å². The Labute approximate surface area is 187 Å². The van der Waals surface area contributed by atoms with Gasteiger partial charge in [0.2, 0.25) is 16.1 Å². The zero-order chi connectivity index (χ0) is 22.7. The minimum Gasteiger partial charge on any atom is -0.485 e. The van der Waals surface area contributed by atoms with E-state index < -0.39 is 16.1 Å². The lowest BCUT2D eigenvalue weighted by molar-refractivity contribution is -0.149. The van der Waals surface area contributed by atoms with Crippen LogP contribution in [0, 0.1) is 5.92 Å². The molecule has 11 heteroatoms. The van der Waals surface area contributed by atoms with Crippen molar-refractivity contribution in [2.45, 2.75) is 30.8 Å². The van der Waals surface area contributed by atoms with Crippen molar-refractivity contribution in [3.05, 3.63) is 18.2 Å². The summed E-state index contributed by atoms with van der Waals surface area (Å²) in [5.74, 6) is -0.0888. The number of carbonyl (C=O) groups is 2. The van der Waals surface area contributed by atoms with E-state index in [-0.39, 0.29) is 42.4 Å². The van der Waals surface area contributed by atoms with Crippen molar-refractivity contribution in [1.29, 1.82) is 0 Å². The second kappa shape index (κ2) is 9.63. The van der Waals surface area contributed by atoms with Crippen LogP contribution in [0.1, 0.15) is 19.8 Å². The van der Waals surface area contributed by atoms with Crippen LogP contribution in [0.25, 0.3) is 0 Å². The minimum absolute atomic E-state index is 0.0115. The van der Waals surface area contributed by atoms with Crippen LogP contribution in [0.15, 0.2) is 23.1 Å². The predicted octanol–water partition coefficient (Wildman–Crippen LogP) is 0.649. The second-order valence-corrected chi connectivity index (χ2v) is 9.83. The Morgan fingerprint density at radius 1 is 1.09 bits per heavy atom. The second-order valence-electron chi connectivity index (χ2n) is 7.89. The summed E-state index contributed by atoms with van der Waals surface area (Å²) < 4.78 is 49.4. The van der Waals surface area contributed by atoms with Crippen LogP contribution in [0.4, 0.5) is 0 Å². The summed E-state index contributed by atoms with van der Waals surface area (Å²) in [6.45, 7) is 4.57. The molecule has 1 amide bonds. The van der Waals surface area contributed by atoms with Gasteiger partial charge in [-0.3, -0.25) is 9.59 Å². The molecule has 1 aromatic rings. The van der Waals surface area contributed by atoms with Crippen LogP contribution in [0.5, 0.6) is 11.5 Å². The van der Waals surface area contributed by atoms with Crippen molar-refractivity contribution in [1.82, 2.24) is 9.21 Å². The smallest absolute Gasteiger partial charge is 0.309 e. The molecule has 0 aliphatic carbocycles. The van der Waals surface area contributed by atoms with E-state index in [4.69, 9.17) is 18.9 Å². The number of benzene rings is 1. The molecule has 3 aliphatic heterocycles. The van der Waals surface area contributed by atoms with E-state index in [0.717, 1.165) is 0 Å². The van der Waals surface area contributed by atoms with Crippen LogP contribution < -0.4 is 9.47 Å². The topological polar surface area (TPSA) is 112 Å². The third kappa shape index (κ3) is 4.69. The maximum Gasteiger partial charge on any atom is 0.309 e. The molecule has 1 unspecified atom stereocenters. The summed E-state index contributed by atoms with van der Waals surface area (Å²) in [4.78, 5) is 26.3. The first-order valence-electron chi connectivity index (χ1n) is 10.9. The highest BCUT2D eigenvalue weighted by Crippen LogP contribution is 2.35. The number of carbonyl (C=O) groups excluding carboxylic acids is 2. The minimum atomic E-state index is -3.75. The summed E-state index contributed by atoms with van der Waals surface area (Å²) in [5, 5.41) is 0. The Kier molecular flexibility index (Phi) is 6.87. The van der Waals surface area contributed by atoms with Gasteiger partial charge in [0.15, 0.2) is 11.5 Å². The molecule has 10 nitrogen and oxygen atoms in total. The molecule has 3 aliphatic rings. The van der Waals surface area contributed by atoms with Gasteiger partial charge in [-0.2, -0.15) is 4.31 Å². The van der Waals surface area contributed by atoms with Crippen molar-refractivity contribution < 1.29 is 37.0 Å². The average molecular weight is 469 g/mol. The Morgan fingerprint density at radius 2 is 1.81 bits per heavy atom. The monoisotopic (exact) mass is 468 g/mol. The fourth-order valence-electron chi connectivity index (χ4n) is 4.06. The molecule has 0 saturated carbocycles. The lowest BCUT2D eigenvalue weighted by Crippen LogP contribution is -2.50. The fraction of sp³-hybridized carbons (Fsp3) is 0.619. The van der Waals surface area contributed by atoms with Gasteiger partial charge in [-0.15, -0.1) is 0 Å². The number of nitrogens with zero attached hydrogens (tertiary/aromatic N) is 2. The van der Waals surface area contributed by atoms with Crippen molar-refractivity contribution >= 4 is 21.9 Å². The zero-order valence-corrected chi connectivity index (χ0v) is 18.8. The first kappa shape index (κ1) is 22.8. The number of hydrogen-bond donors (Lipinski definition) is 0. The molecule has 2 saturated heterocycles. The molecule has 3 heterocycles. The number of ether oxygens (including phenoxy) is 4. The van der Waals surface area contributed by atoms with Gasteiger partial charge in [0, 0.05) is 32.2 Å². The summed E-state index contributed by atoms with van der Waals surface area (Å²) in [6.07, 6.45) is 0.0759. The maximum absolute atomic E-state index is 13.1. The van der Waals surface area contributed by atoms with Gasteiger partial charge in [0.1, 0.15) is 6.61 Å². The van der Waals surface area contributed by atoms with Gasteiger partial charge >= 0.3 is 5.97 Å². The molecule has 0 N–H and O–H groups in total. The van der Waals surface area contributed by atoms with Gasteiger partial charge in [0.25, 0.3) is 5.91 Å². The molecule has 0 bridgehead atoms. The third-order valence-corrected chi connectivity index (χ3v) is 7.78. The normalized spacial score (nSPS) is 22.4. The van der Waals surface area contributed by atoms with Crippen LogP contribution in [0.3, 0.4) is 0 Å². The predicted molar refractivity (Wildman–Crippen MR) is 112 cm³/mol. The molecule has 0 aromatic heterocycles. The molecule has 2 fully saturated rings. The number of amides is 1. The quantitative estimate of drug-likeness (QED) is 0.579. The van der Waals surface area contributed by atoms with Gasteiger partial charge in [-0.25, -0.2) is 8.42 Å². The first-order valence-corrected chi connectivity index (χ1v) is 12.3. The molecule has 0 spiro atoms. The Bertz CT molecular complexity index is 953. The highest BCUT2D eigenvalue weighted by molar-refractivity contribution is 7.89. The number of hydrogen-bond acceptors (Lipinski definition) is 8. The Morgan fingerprint density at radius 3 is 2.50 bits per heavy atom. The van der Waals surface area contributed by atoms with Crippen molar-refractivity contribution in [3.8, 4) is 11.5 Å². The first-order chi connectivity index (χ1) is 15.4. The van der Waals surface area contributed by atoms with Crippen LogP contribution in [-0.4, -0.2) is 88.2 Å². The van der Waals surface area contributed by atoms with Gasteiger partial charge in [-0.1, -0.05) is 0 Å². The third-order valence-electron chi connectivity index (χ3n) is 5.88. The van der Waals surface area contributed by atoms with E-state index in [0.29, 0.717) is 57.3 Å². The van der Waals surface area contributed by atoms with E-state index in [1.165, 1.54) is 22.5 Å². The lowest BCUT2D eigenvalue weighted by atomic mass is 9.98. The van der Waals surface area contributed by atoms with Gasteiger partial charge in [0.05, 0.1) is 30.6 Å². The number of piperidine rings is 1. The molecule has 0 radical (unpaired) electrons. The molecular weight excluding hydrogens is 440 g/mol. The maximum atomic E-state index is 13.1. The average Bonchev–Trinajstić information content (AvgIpc) is 2.83. The fourth-order valence-corrected chi connectivity index (χ4v) is 5.55. The van der Waals surface area contributed by atoms with E-state index in [1.807, 2.05) is 0 Å². The molecular formula is C21H28N2O8S. The highest BCUT2D eigenvalue weighted by Gasteiger charge is 2.35. The molecule has 32 heavy (non-hydrogen) atoms. The summed E-state index contributed by atoms with van der Waals surface area (Å²) in [7, 11) is -3.75. The van der Waals surface area contributed by atoms with E-state index >= 15 is 0 Å². The SMILES string of the molecule is CCOC(=O)C1CCN(S(=O)(=O)c2ccc3c(c2)OCC(C(=O)N2CCOCC2)O3)CC1. The molecule has 176 valence electrons. The summed E-state index contributed by atoms with van der Waals surface area (Å²) in [6, 6.07) is 4.40. The highest BCUT2D eigenvalue weighted by atomic mass is 32.2. The molecule has 1 aromatic carbocycles. The number of fused-ring (bicyclic) bond motifs is 1. The standard InChI is InChI=1S/C21H28N2O8S/c1-2-29-21(25)15-5-7-23(8-6-15)32(26,27)16-3-4-17-18(13-16)30-14-19(31-17)20(24)22-9-11-28-12-10-22/h3-4,13,15,19H,2,5-12,14H2,1H3. The van der Waals surface area contributed by atoms with Crippen molar-refractivity contribution in [2.24, 2.45) is 5.92 Å². The Hall–Kier alpha value is -2.37. The number of sulfonamides is 1. The van der Waals surface area contributed by atoms with E-state index in [9.17, 15) is 18.0 Å². The number of morpholine rings is 1. The van der Waals surface area contributed by atoms with Crippen molar-refractivity contribution in [2.75, 3.05) is 52.6 Å². The molecule has 4 rings (SSSR count). The Balaban J connectivity index is 1.41. The van der Waals surface area contributed by atoms with E-state index in [1.54, 1.807) is 11.8 Å². The van der Waals surface area contributed by atoms with Crippen LogP contribution in [-0.2, 0) is 29.1 Å². The van der Waals surface area contributed by atoms with Gasteiger partial charge < -0.3 is 23.8 Å².